The summed E-state index contributed by atoms with van der Waals surface area (Å²) in [7, 11) is -3.20. The lowest BCUT2D eigenvalue weighted by molar-refractivity contribution is 0.582. The number of hydrogen-bond donors (Lipinski definition) is 1. The third-order valence-corrected chi connectivity index (χ3v) is 5.60. The number of fused-ring (bicyclic) bond motifs is 1. The van der Waals surface area contributed by atoms with Crippen molar-refractivity contribution in [1.82, 2.24) is 19.3 Å². The molecule has 9 heteroatoms. The lowest BCUT2D eigenvalue weighted by Gasteiger charge is -2.03. The molecule has 0 saturated carbocycles. The molecule has 122 valence electrons. The van der Waals surface area contributed by atoms with Crippen LogP contribution in [0.4, 0.5) is 4.39 Å². The maximum Gasteiger partial charge on any atom is 0.212 e. The molecular formula is C14H15FN4O2S2. The van der Waals surface area contributed by atoms with Crippen LogP contribution in [-0.4, -0.2) is 35.3 Å². The molecule has 0 bridgehead atoms. The number of nitrogens with zero attached hydrogens (tertiary/aromatic N) is 3. The Morgan fingerprint density at radius 3 is 2.74 bits per heavy atom. The van der Waals surface area contributed by atoms with Crippen LogP contribution in [0.3, 0.4) is 0 Å². The Balaban J connectivity index is 1.79. The molecule has 1 N–H and O–H groups in total. The SMILES string of the molecule is CCS(=O)(=O)NCCc1csc2nc(-c3ccc(F)cc3)nn12. The van der Waals surface area contributed by atoms with Gasteiger partial charge < -0.3 is 0 Å². The van der Waals surface area contributed by atoms with Crippen LogP contribution in [0.2, 0.25) is 0 Å². The summed E-state index contributed by atoms with van der Waals surface area (Å²) in [4.78, 5) is 5.14. The van der Waals surface area contributed by atoms with Crippen molar-refractivity contribution in [3.63, 3.8) is 0 Å². The van der Waals surface area contributed by atoms with Gasteiger partial charge in [-0.25, -0.2) is 22.0 Å². The van der Waals surface area contributed by atoms with E-state index in [1.807, 2.05) is 5.38 Å². The molecule has 0 aliphatic carbocycles. The number of nitrogens with one attached hydrogen (secondary N) is 1. The van der Waals surface area contributed by atoms with E-state index in [-0.39, 0.29) is 11.6 Å². The highest BCUT2D eigenvalue weighted by atomic mass is 32.2. The molecule has 2 aromatic heterocycles. The molecule has 0 atom stereocenters. The summed E-state index contributed by atoms with van der Waals surface area (Å²) in [5.74, 6) is 0.273. The molecule has 0 unspecified atom stereocenters. The average Bonchev–Trinajstić information content (AvgIpc) is 3.10. The first-order valence-electron chi connectivity index (χ1n) is 7.05. The summed E-state index contributed by atoms with van der Waals surface area (Å²) in [5, 5.41) is 6.33. The second kappa shape index (κ2) is 6.34. The minimum absolute atomic E-state index is 0.0596. The molecule has 3 rings (SSSR count). The third-order valence-electron chi connectivity index (χ3n) is 3.34. The monoisotopic (exact) mass is 354 g/mol. The second-order valence-electron chi connectivity index (χ2n) is 4.91. The first kappa shape index (κ1) is 16.0. The van der Waals surface area contributed by atoms with Crippen molar-refractivity contribution in [2.24, 2.45) is 0 Å². The Morgan fingerprint density at radius 2 is 2.04 bits per heavy atom. The van der Waals surface area contributed by atoms with Crippen molar-refractivity contribution in [2.75, 3.05) is 12.3 Å². The number of sulfonamides is 1. The highest BCUT2D eigenvalue weighted by Gasteiger charge is 2.12. The average molecular weight is 354 g/mol. The van der Waals surface area contributed by atoms with E-state index >= 15 is 0 Å². The summed E-state index contributed by atoms with van der Waals surface area (Å²) in [6.07, 6.45) is 0.519. The van der Waals surface area contributed by atoms with E-state index in [1.54, 1.807) is 23.6 Å². The summed E-state index contributed by atoms with van der Waals surface area (Å²) < 4.78 is 40.1. The van der Waals surface area contributed by atoms with E-state index in [0.717, 1.165) is 16.2 Å². The van der Waals surface area contributed by atoms with E-state index in [2.05, 4.69) is 14.8 Å². The summed E-state index contributed by atoms with van der Waals surface area (Å²) in [6, 6.07) is 5.99. The molecule has 2 heterocycles. The van der Waals surface area contributed by atoms with Crippen LogP contribution in [0, 0.1) is 5.82 Å². The van der Waals surface area contributed by atoms with Crippen molar-refractivity contribution < 1.29 is 12.8 Å². The second-order valence-corrected chi connectivity index (χ2v) is 7.84. The molecule has 0 saturated heterocycles. The van der Waals surface area contributed by atoms with Gasteiger partial charge in [-0.1, -0.05) is 0 Å². The molecular weight excluding hydrogens is 339 g/mol. The summed E-state index contributed by atoms with van der Waals surface area (Å²) in [5.41, 5.74) is 1.62. The van der Waals surface area contributed by atoms with Crippen LogP contribution in [0.25, 0.3) is 16.3 Å². The zero-order chi connectivity index (χ0) is 16.4. The first-order chi connectivity index (χ1) is 11.0. The van der Waals surface area contributed by atoms with Crippen molar-refractivity contribution in [2.45, 2.75) is 13.3 Å². The maximum atomic E-state index is 13.0. The van der Waals surface area contributed by atoms with Gasteiger partial charge in [0.15, 0.2) is 5.82 Å². The van der Waals surface area contributed by atoms with Gasteiger partial charge in [-0.15, -0.1) is 16.4 Å². The maximum absolute atomic E-state index is 13.0. The topological polar surface area (TPSA) is 76.4 Å². The Kier molecular flexibility index (Phi) is 4.42. The van der Waals surface area contributed by atoms with E-state index in [0.29, 0.717) is 18.8 Å². The first-order valence-corrected chi connectivity index (χ1v) is 9.58. The fourth-order valence-electron chi connectivity index (χ4n) is 2.05. The quantitative estimate of drug-likeness (QED) is 0.735. The van der Waals surface area contributed by atoms with Crippen LogP contribution in [-0.2, 0) is 16.4 Å². The number of aromatic nitrogens is 3. The number of hydrogen-bond acceptors (Lipinski definition) is 5. The molecule has 0 fully saturated rings. The molecule has 0 amide bonds. The van der Waals surface area contributed by atoms with Crippen LogP contribution in [0.15, 0.2) is 29.6 Å². The van der Waals surface area contributed by atoms with Gasteiger partial charge in [0.05, 0.1) is 11.4 Å². The zero-order valence-corrected chi connectivity index (χ0v) is 14.0. The smallest absolute Gasteiger partial charge is 0.212 e. The lowest BCUT2D eigenvalue weighted by Crippen LogP contribution is -2.27. The number of benzene rings is 1. The minimum atomic E-state index is -3.20. The van der Waals surface area contributed by atoms with Crippen molar-refractivity contribution in [3.05, 3.63) is 41.2 Å². The highest BCUT2D eigenvalue weighted by Crippen LogP contribution is 2.21. The molecule has 0 radical (unpaired) electrons. The third kappa shape index (κ3) is 3.57. The predicted octanol–water partition coefficient (Wildman–Crippen LogP) is 2.08. The lowest BCUT2D eigenvalue weighted by atomic mass is 10.2. The van der Waals surface area contributed by atoms with Crippen molar-refractivity contribution >= 4 is 26.3 Å². The van der Waals surface area contributed by atoms with Gasteiger partial charge in [0, 0.05) is 23.9 Å². The van der Waals surface area contributed by atoms with Gasteiger partial charge in [-0.2, -0.15) is 4.98 Å². The van der Waals surface area contributed by atoms with Gasteiger partial charge >= 0.3 is 0 Å². The Labute approximate surface area is 137 Å². The number of rotatable bonds is 6. The Morgan fingerprint density at radius 1 is 1.30 bits per heavy atom. The Bertz CT molecular complexity index is 916. The molecule has 0 spiro atoms. The van der Waals surface area contributed by atoms with Crippen molar-refractivity contribution in [3.8, 4) is 11.4 Å². The molecule has 23 heavy (non-hydrogen) atoms. The van der Waals surface area contributed by atoms with Gasteiger partial charge in [0.25, 0.3) is 0 Å². The zero-order valence-electron chi connectivity index (χ0n) is 12.4. The Hall–Kier alpha value is -1.84. The largest absolute Gasteiger partial charge is 0.215 e. The van der Waals surface area contributed by atoms with Gasteiger partial charge in [0.1, 0.15) is 5.82 Å². The normalized spacial score (nSPS) is 12.1. The van der Waals surface area contributed by atoms with Crippen LogP contribution >= 0.6 is 11.3 Å². The summed E-state index contributed by atoms with van der Waals surface area (Å²) in [6.45, 7) is 1.91. The van der Waals surface area contributed by atoms with Crippen LogP contribution in [0.1, 0.15) is 12.6 Å². The van der Waals surface area contributed by atoms with E-state index in [9.17, 15) is 12.8 Å². The van der Waals surface area contributed by atoms with Gasteiger partial charge in [-0.3, -0.25) is 0 Å². The molecule has 3 aromatic rings. The van der Waals surface area contributed by atoms with Crippen molar-refractivity contribution in [1.29, 1.82) is 0 Å². The summed E-state index contributed by atoms with van der Waals surface area (Å²) >= 11 is 1.43. The molecule has 1 aromatic carbocycles. The minimum Gasteiger partial charge on any atom is -0.215 e. The van der Waals surface area contributed by atoms with Crippen LogP contribution in [0.5, 0.6) is 0 Å². The number of halogens is 1. The number of thiazole rings is 1. The van der Waals surface area contributed by atoms with Gasteiger partial charge in [0.2, 0.25) is 15.0 Å². The standard InChI is InChI=1S/C14H15FN4O2S2/c1-2-23(20,21)16-8-7-12-9-22-14-17-13(18-19(12)14)10-3-5-11(15)6-4-10/h3-6,9,16H,2,7-8H2,1H3. The highest BCUT2D eigenvalue weighted by molar-refractivity contribution is 7.89. The van der Waals surface area contributed by atoms with Crippen LogP contribution < -0.4 is 4.72 Å². The van der Waals surface area contributed by atoms with E-state index in [4.69, 9.17) is 0 Å². The molecule has 6 nitrogen and oxygen atoms in total. The predicted molar refractivity (Wildman–Crippen MR) is 87.4 cm³/mol. The fourth-order valence-corrected chi connectivity index (χ4v) is 3.53. The van der Waals surface area contributed by atoms with E-state index in [1.165, 1.54) is 23.5 Å². The van der Waals surface area contributed by atoms with Gasteiger partial charge in [-0.05, 0) is 31.2 Å². The molecule has 0 aliphatic heterocycles. The fraction of sp³-hybridized carbons (Fsp3) is 0.286. The molecule has 0 aliphatic rings. The van der Waals surface area contributed by atoms with E-state index < -0.39 is 10.0 Å².